The lowest BCUT2D eigenvalue weighted by atomic mass is 10.1. The Morgan fingerprint density at radius 2 is 1.67 bits per heavy atom. The van der Waals surface area contributed by atoms with Gasteiger partial charge in [-0.05, 0) is 30.7 Å². The molecule has 0 saturated heterocycles. The second-order valence-electron chi connectivity index (χ2n) is 6.94. The van der Waals surface area contributed by atoms with E-state index in [1.165, 1.54) is 23.5 Å². The first-order valence-electron chi connectivity index (χ1n) is 9.06. The smallest absolute Gasteiger partial charge is 0.262 e. The second-order valence-corrected chi connectivity index (χ2v) is 10.2. The molecule has 0 aliphatic carbocycles. The molecule has 0 saturated carbocycles. The van der Waals surface area contributed by atoms with Crippen molar-refractivity contribution in [2.75, 3.05) is 17.3 Å². The summed E-state index contributed by atoms with van der Waals surface area (Å²) in [5.74, 6) is -2.24. The maximum absolute atomic E-state index is 13.1. The summed E-state index contributed by atoms with van der Waals surface area (Å²) in [6.07, 6.45) is 0.832. The van der Waals surface area contributed by atoms with Crippen molar-refractivity contribution in [1.82, 2.24) is 9.88 Å². The molecule has 30 heavy (non-hydrogen) atoms. The molecule has 0 spiro atoms. The molecule has 3 aromatic rings. The molecule has 1 atom stereocenters. The van der Waals surface area contributed by atoms with Gasteiger partial charge in [0, 0.05) is 6.26 Å². The van der Waals surface area contributed by atoms with Gasteiger partial charge in [0.25, 0.3) is 11.8 Å². The topological polar surface area (TPSA) is 114 Å². The lowest BCUT2D eigenvalue weighted by Gasteiger charge is -2.24. The Balaban J connectivity index is 1.65. The van der Waals surface area contributed by atoms with E-state index in [4.69, 9.17) is 0 Å². The minimum absolute atomic E-state index is 0.194. The number of thiazole rings is 1. The van der Waals surface area contributed by atoms with E-state index in [1.54, 1.807) is 18.2 Å². The van der Waals surface area contributed by atoms with Gasteiger partial charge in [0.1, 0.15) is 15.9 Å². The van der Waals surface area contributed by atoms with Gasteiger partial charge in [-0.1, -0.05) is 35.6 Å². The maximum Gasteiger partial charge on any atom is 0.262 e. The summed E-state index contributed by atoms with van der Waals surface area (Å²) in [5, 5.41) is 2.95. The van der Waals surface area contributed by atoms with Crippen LogP contribution in [-0.4, -0.2) is 54.1 Å². The van der Waals surface area contributed by atoms with Crippen LogP contribution >= 0.6 is 11.3 Å². The SMILES string of the molecule is CS(=O)(=O)CC[C@H](C(=O)Nc1nc2ccccc2s1)N1C(=O)c2ccccc2C1=O. The van der Waals surface area contributed by atoms with Crippen LogP contribution in [0.2, 0.25) is 0 Å². The van der Waals surface area contributed by atoms with Crippen molar-refractivity contribution < 1.29 is 22.8 Å². The molecule has 1 aliphatic rings. The van der Waals surface area contributed by atoms with Gasteiger partial charge in [0.15, 0.2) is 5.13 Å². The number of fused-ring (bicyclic) bond motifs is 2. The standard InChI is InChI=1S/C20H17N3O5S2/c1-30(27,28)11-10-15(23-18(25)12-6-2-3-7-13(12)19(23)26)17(24)22-20-21-14-8-4-5-9-16(14)29-20/h2-9,15H,10-11H2,1H3,(H,21,22,24)/t15-/m1/s1. The quantitative estimate of drug-likeness (QED) is 0.585. The average molecular weight is 444 g/mol. The van der Waals surface area contributed by atoms with Crippen LogP contribution in [0.3, 0.4) is 0 Å². The number of imide groups is 1. The number of hydrogen-bond acceptors (Lipinski definition) is 7. The van der Waals surface area contributed by atoms with Crippen LogP contribution in [0.15, 0.2) is 48.5 Å². The third-order valence-electron chi connectivity index (χ3n) is 4.73. The van der Waals surface area contributed by atoms with Crippen molar-refractivity contribution in [2.45, 2.75) is 12.5 Å². The average Bonchev–Trinajstić information content (AvgIpc) is 3.21. The second kappa shape index (κ2) is 7.62. The highest BCUT2D eigenvalue weighted by Crippen LogP contribution is 2.28. The summed E-state index contributed by atoms with van der Waals surface area (Å²) in [6, 6.07) is 12.3. The molecule has 1 N–H and O–H groups in total. The van der Waals surface area contributed by atoms with Gasteiger partial charge >= 0.3 is 0 Å². The fourth-order valence-corrected chi connectivity index (χ4v) is 4.83. The number of nitrogens with one attached hydrogen (secondary N) is 1. The van der Waals surface area contributed by atoms with Gasteiger partial charge in [0.2, 0.25) is 5.91 Å². The first kappa shape index (κ1) is 20.2. The summed E-state index contributed by atoms with van der Waals surface area (Å²) in [5.41, 5.74) is 1.09. The molecule has 0 unspecified atom stereocenters. The lowest BCUT2D eigenvalue weighted by molar-refractivity contribution is -0.120. The number of amides is 3. The first-order valence-corrected chi connectivity index (χ1v) is 11.9. The van der Waals surface area contributed by atoms with Gasteiger partial charge in [-0.15, -0.1) is 0 Å². The van der Waals surface area contributed by atoms with Crippen LogP contribution in [0, 0.1) is 0 Å². The van der Waals surface area contributed by atoms with Crippen LogP contribution in [0.4, 0.5) is 5.13 Å². The van der Waals surface area contributed by atoms with E-state index >= 15 is 0 Å². The van der Waals surface area contributed by atoms with E-state index < -0.39 is 33.6 Å². The van der Waals surface area contributed by atoms with Crippen molar-refractivity contribution in [3.63, 3.8) is 0 Å². The van der Waals surface area contributed by atoms with E-state index in [9.17, 15) is 22.8 Å². The van der Waals surface area contributed by atoms with Crippen molar-refractivity contribution in [3.8, 4) is 0 Å². The Bertz CT molecular complexity index is 1210. The number of hydrogen-bond donors (Lipinski definition) is 1. The molecule has 154 valence electrons. The van der Waals surface area contributed by atoms with Gasteiger partial charge < -0.3 is 5.32 Å². The molecule has 10 heteroatoms. The molecule has 8 nitrogen and oxygen atoms in total. The van der Waals surface area contributed by atoms with Crippen molar-refractivity contribution in [1.29, 1.82) is 0 Å². The Morgan fingerprint density at radius 1 is 1.07 bits per heavy atom. The Morgan fingerprint density at radius 3 is 2.27 bits per heavy atom. The van der Waals surface area contributed by atoms with Gasteiger partial charge in [-0.2, -0.15) is 0 Å². The van der Waals surface area contributed by atoms with Crippen LogP contribution < -0.4 is 5.32 Å². The molecule has 2 aromatic carbocycles. The normalized spacial score (nSPS) is 14.8. The number of para-hydroxylation sites is 1. The molecular weight excluding hydrogens is 426 g/mol. The third-order valence-corrected chi connectivity index (χ3v) is 6.66. The van der Waals surface area contributed by atoms with E-state index in [0.29, 0.717) is 10.6 Å². The minimum Gasteiger partial charge on any atom is -0.300 e. The van der Waals surface area contributed by atoms with E-state index in [2.05, 4.69) is 10.3 Å². The Kier molecular flexibility index (Phi) is 5.12. The third kappa shape index (κ3) is 3.83. The zero-order valence-corrected chi connectivity index (χ0v) is 17.5. The number of sulfone groups is 1. The monoisotopic (exact) mass is 443 g/mol. The van der Waals surface area contributed by atoms with Crippen molar-refractivity contribution >= 4 is 54.2 Å². The number of nitrogens with zero attached hydrogens (tertiary/aromatic N) is 2. The zero-order chi connectivity index (χ0) is 21.5. The van der Waals surface area contributed by atoms with Crippen LogP contribution in [0.25, 0.3) is 10.2 Å². The largest absolute Gasteiger partial charge is 0.300 e. The van der Waals surface area contributed by atoms with E-state index in [1.807, 2.05) is 18.2 Å². The molecular formula is C20H17N3O5S2. The fraction of sp³-hybridized carbons (Fsp3) is 0.200. The Labute approximate surface area is 176 Å². The van der Waals surface area contributed by atoms with Crippen LogP contribution in [-0.2, 0) is 14.6 Å². The minimum atomic E-state index is -3.42. The van der Waals surface area contributed by atoms with Gasteiger partial charge in [0.05, 0.1) is 27.1 Å². The molecule has 1 aliphatic heterocycles. The molecule has 0 fully saturated rings. The summed E-state index contributed by atoms with van der Waals surface area (Å²) in [7, 11) is -3.42. The highest BCUT2D eigenvalue weighted by atomic mass is 32.2. The summed E-state index contributed by atoms with van der Waals surface area (Å²) < 4.78 is 24.3. The first-order chi connectivity index (χ1) is 14.2. The number of carbonyl (C=O) groups is 3. The number of carbonyl (C=O) groups excluding carboxylic acids is 3. The zero-order valence-electron chi connectivity index (χ0n) is 15.9. The highest BCUT2D eigenvalue weighted by Gasteiger charge is 2.43. The molecule has 1 aromatic heterocycles. The molecule has 0 bridgehead atoms. The summed E-state index contributed by atoms with van der Waals surface area (Å²) >= 11 is 1.25. The van der Waals surface area contributed by atoms with E-state index in [0.717, 1.165) is 15.9 Å². The summed E-state index contributed by atoms with van der Waals surface area (Å²) in [4.78, 5) is 43.9. The molecule has 0 radical (unpaired) electrons. The number of benzene rings is 2. The number of rotatable bonds is 6. The number of anilines is 1. The van der Waals surface area contributed by atoms with Crippen molar-refractivity contribution in [2.24, 2.45) is 0 Å². The lowest BCUT2D eigenvalue weighted by Crippen LogP contribution is -2.48. The molecule has 2 heterocycles. The maximum atomic E-state index is 13.1. The predicted molar refractivity (Wildman–Crippen MR) is 113 cm³/mol. The van der Waals surface area contributed by atoms with E-state index in [-0.39, 0.29) is 23.3 Å². The van der Waals surface area contributed by atoms with Gasteiger partial charge in [-0.25, -0.2) is 13.4 Å². The summed E-state index contributed by atoms with van der Waals surface area (Å²) in [6.45, 7) is 0. The molecule has 4 rings (SSSR count). The van der Waals surface area contributed by atoms with Crippen molar-refractivity contribution in [3.05, 3.63) is 59.7 Å². The van der Waals surface area contributed by atoms with Gasteiger partial charge in [-0.3, -0.25) is 19.3 Å². The fourth-order valence-electron chi connectivity index (χ4n) is 3.31. The molecule has 3 amide bonds. The predicted octanol–water partition coefficient (Wildman–Crippen LogP) is 2.33. The highest BCUT2D eigenvalue weighted by molar-refractivity contribution is 7.90. The Hall–Kier alpha value is -3.11. The van der Waals surface area contributed by atoms with Crippen LogP contribution in [0.5, 0.6) is 0 Å². The van der Waals surface area contributed by atoms with Crippen LogP contribution in [0.1, 0.15) is 27.1 Å². The number of aromatic nitrogens is 1.